The third kappa shape index (κ3) is 2.36. The van der Waals surface area contributed by atoms with Gasteiger partial charge in [-0.1, -0.05) is 24.6 Å². The Hall–Kier alpha value is -2.07. The van der Waals surface area contributed by atoms with Gasteiger partial charge >= 0.3 is 0 Å². The fourth-order valence-corrected chi connectivity index (χ4v) is 2.67. The minimum Gasteiger partial charge on any atom is -0.397 e. The lowest BCUT2D eigenvalue weighted by molar-refractivity contribution is 0.629. The fraction of sp³-hybridized carbons (Fsp3) is 0.188. The average Bonchev–Trinajstić information content (AvgIpc) is 2.80. The number of imidazole rings is 1. The van der Waals surface area contributed by atoms with Crippen LogP contribution in [0, 0.1) is 5.82 Å². The number of halogens is 2. The maximum Gasteiger partial charge on any atom is 0.143 e. The molecule has 108 valence electrons. The highest BCUT2D eigenvalue weighted by molar-refractivity contribution is 6.33. The summed E-state index contributed by atoms with van der Waals surface area (Å²) in [7, 11) is 0. The molecule has 0 fully saturated rings. The second-order valence-corrected chi connectivity index (χ2v) is 5.33. The minimum absolute atomic E-state index is 0.297. The van der Waals surface area contributed by atoms with Crippen LogP contribution in [0.15, 0.2) is 36.4 Å². The molecule has 0 radical (unpaired) electrons. The van der Waals surface area contributed by atoms with Crippen molar-refractivity contribution >= 4 is 28.3 Å². The highest BCUT2D eigenvalue weighted by Gasteiger charge is 2.15. The van der Waals surface area contributed by atoms with E-state index in [2.05, 4.69) is 16.5 Å². The van der Waals surface area contributed by atoms with Crippen molar-refractivity contribution in [2.24, 2.45) is 0 Å². The van der Waals surface area contributed by atoms with Crippen LogP contribution >= 0.6 is 11.6 Å². The van der Waals surface area contributed by atoms with Gasteiger partial charge in [-0.05, 0) is 30.7 Å². The lowest BCUT2D eigenvalue weighted by Gasteiger charge is -2.10. The van der Waals surface area contributed by atoms with Gasteiger partial charge in [-0.3, -0.25) is 0 Å². The lowest BCUT2D eigenvalue weighted by atomic mass is 10.1. The number of para-hydroxylation sites is 1. The summed E-state index contributed by atoms with van der Waals surface area (Å²) in [5, 5.41) is 0.494. The third-order valence-electron chi connectivity index (χ3n) is 3.45. The molecule has 0 amide bonds. The second-order valence-electron chi connectivity index (χ2n) is 4.92. The van der Waals surface area contributed by atoms with Gasteiger partial charge in [0, 0.05) is 18.2 Å². The highest BCUT2D eigenvalue weighted by atomic mass is 35.5. The first-order chi connectivity index (χ1) is 10.1. The van der Waals surface area contributed by atoms with Crippen LogP contribution in [0.25, 0.3) is 22.4 Å². The van der Waals surface area contributed by atoms with Crippen molar-refractivity contribution in [2.75, 3.05) is 5.73 Å². The van der Waals surface area contributed by atoms with Crippen LogP contribution in [-0.2, 0) is 6.54 Å². The molecule has 0 aliphatic heterocycles. The predicted molar refractivity (Wildman–Crippen MR) is 84.8 cm³/mol. The van der Waals surface area contributed by atoms with E-state index in [-0.39, 0.29) is 5.82 Å². The summed E-state index contributed by atoms with van der Waals surface area (Å²) in [4.78, 5) is 4.55. The molecule has 5 heteroatoms. The predicted octanol–water partition coefficient (Wildman–Crippen LogP) is 4.49. The number of hydrogen-bond donors (Lipinski definition) is 1. The molecule has 0 saturated heterocycles. The van der Waals surface area contributed by atoms with E-state index in [0.717, 1.165) is 29.9 Å². The SMILES string of the molecule is CCCn1c(-c2cccc(Cl)c2N)nc2cc(F)ccc21. The van der Waals surface area contributed by atoms with Crippen LogP contribution in [0.5, 0.6) is 0 Å². The molecule has 3 rings (SSSR count). The molecule has 0 spiro atoms. The minimum atomic E-state index is -0.297. The zero-order valence-corrected chi connectivity index (χ0v) is 12.4. The van der Waals surface area contributed by atoms with E-state index in [0.29, 0.717) is 16.2 Å². The van der Waals surface area contributed by atoms with Crippen molar-refractivity contribution in [1.29, 1.82) is 0 Å². The largest absolute Gasteiger partial charge is 0.397 e. The summed E-state index contributed by atoms with van der Waals surface area (Å²) in [6, 6.07) is 10.1. The zero-order valence-electron chi connectivity index (χ0n) is 11.6. The molecule has 3 aromatic rings. The first kappa shape index (κ1) is 13.9. The molecule has 0 unspecified atom stereocenters. The normalized spacial score (nSPS) is 11.2. The van der Waals surface area contributed by atoms with Crippen LogP contribution in [0.1, 0.15) is 13.3 Å². The monoisotopic (exact) mass is 303 g/mol. The highest BCUT2D eigenvalue weighted by Crippen LogP contribution is 2.33. The van der Waals surface area contributed by atoms with Gasteiger partial charge in [-0.2, -0.15) is 0 Å². The second kappa shape index (κ2) is 5.37. The number of anilines is 1. The van der Waals surface area contributed by atoms with Crippen LogP contribution < -0.4 is 5.73 Å². The van der Waals surface area contributed by atoms with Gasteiger partial charge in [0.05, 0.1) is 21.7 Å². The maximum absolute atomic E-state index is 13.4. The Morgan fingerprint density at radius 2 is 2.10 bits per heavy atom. The number of nitrogens with two attached hydrogens (primary N) is 1. The molecule has 0 atom stereocenters. The number of benzene rings is 2. The van der Waals surface area contributed by atoms with Gasteiger partial charge in [0.1, 0.15) is 11.6 Å². The first-order valence-electron chi connectivity index (χ1n) is 6.82. The van der Waals surface area contributed by atoms with E-state index in [1.807, 2.05) is 12.1 Å². The summed E-state index contributed by atoms with van der Waals surface area (Å²) in [5.41, 5.74) is 8.85. The summed E-state index contributed by atoms with van der Waals surface area (Å²) >= 11 is 6.10. The first-order valence-corrected chi connectivity index (χ1v) is 7.19. The molecule has 0 aliphatic carbocycles. The topological polar surface area (TPSA) is 43.8 Å². The van der Waals surface area contributed by atoms with E-state index in [4.69, 9.17) is 17.3 Å². The Labute approximate surface area is 127 Å². The van der Waals surface area contributed by atoms with Gasteiger partial charge in [0.15, 0.2) is 0 Å². The standard InChI is InChI=1S/C16H15ClFN3/c1-2-8-21-14-7-6-10(18)9-13(14)20-16(21)11-4-3-5-12(17)15(11)19/h3-7,9H,2,8,19H2,1H3. The Morgan fingerprint density at radius 3 is 2.86 bits per heavy atom. The quantitative estimate of drug-likeness (QED) is 0.725. The van der Waals surface area contributed by atoms with Crippen LogP contribution in [-0.4, -0.2) is 9.55 Å². The summed E-state index contributed by atoms with van der Waals surface area (Å²) < 4.78 is 15.5. The molecule has 0 aliphatic rings. The number of rotatable bonds is 3. The van der Waals surface area contributed by atoms with Crippen molar-refractivity contribution in [3.63, 3.8) is 0 Å². The molecular formula is C16H15ClFN3. The van der Waals surface area contributed by atoms with Crippen LogP contribution in [0.2, 0.25) is 5.02 Å². The molecule has 1 aromatic heterocycles. The summed E-state index contributed by atoms with van der Waals surface area (Å²) in [6.45, 7) is 2.86. The van der Waals surface area contributed by atoms with Gasteiger partial charge in [-0.25, -0.2) is 9.37 Å². The van der Waals surface area contributed by atoms with E-state index < -0.39 is 0 Å². The number of aryl methyl sites for hydroxylation is 1. The lowest BCUT2D eigenvalue weighted by Crippen LogP contribution is -2.02. The Morgan fingerprint density at radius 1 is 1.29 bits per heavy atom. The summed E-state index contributed by atoms with van der Waals surface area (Å²) in [6.07, 6.45) is 0.941. The van der Waals surface area contributed by atoms with Gasteiger partial charge in [-0.15, -0.1) is 0 Å². The molecule has 3 nitrogen and oxygen atoms in total. The summed E-state index contributed by atoms with van der Waals surface area (Å²) in [5.74, 6) is 0.423. The zero-order chi connectivity index (χ0) is 15.0. The molecule has 0 bridgehead atoms. The number of aromatic nitrogens is 2. The van der Waals surface area contributed by atoms with Crippen molar-refractivity contribution in [1.82, 2.24) is 9.55 Å². The molecular weight excluding hydrogens is 289 g/mol. The maximum atomic E-state index is 13.4. The van der Waals surface area contributed by atoms with Crippen molar-refractivity contribution < 1.29 is 4.39 Å². The van der Waals surface area contributed by atoms with Crippen molar-refractivity contribution in [3.05, 3.63) is 47.2 Å². The average molecular weight is 304 g/mol. The van der Waals surface area contributed by atoms with Crippen LogP contribution in [0.3, 0.4) is 0 Å². The molecule has 0 saturated carbocycles. The number of nitrogens with zero attached hydrogens (tertiary/aromatic N) is 2. The van der Waals surface area contributed by atoms with E-state index in [1.54, 1.807) is 12.1 Å². The molecule has 2 aromatic carbocycles. The molecule has 2 N–H and O–H groups in total. The number of fused-ring (bicyclic) bond motifs is 1. The fourth-order valence-electron chi connectivity index (χ4n) is 2.49. The van der Waals surface area contributed by atoms with E-state index in [9.17, 15) is 4.39 Å². The van der Waals surface area contributed by atoms with Gasteiger partial charge in [0.25, 0.3) is 0 Å². The smallest absolute Gasteiger partial charge is 0.143 e. The van der Waals surface area contributed by atoms with Gasteiger partial charge < -0.3 is 10.3 Å². The molecule has 1 heterocycles. The van der Waals surface area contributed by atoms with Gasteiger partial charge in [0.2, 0.25) is 0 Å². The van der Waals surface area contributed by atoms with E-state index >= 15 is 0 Å². The Balaban J connectivity index is 2.30. The Bertz CT molecular complexity index is 811. The number of hydrogen-bond acceptors (Lipinski definition) is 2. The van der Waals surface area contributed by atoms with Crippen molar-refractivity contribution in [2.45, 2.75) is 19.9 Å². The Kier molecular flexibility index (Phi) is 3.55. The number of nitrogen functional groups attached to an aromatic ring is 1. The molecule has 21 heavy (non-hydrogen) atoms. The third-order valence-corrected chi connectivity index (χ3v) is 3.78. The van der Waals surface area contributed by atoms with Crippen molar-refractivity contribution in [3.8, 4) is 11.4 Å². The van der Waals surface area contributed by atoms with E-state index in [1.165, 1.54) is 12.1 Å². The van der Waals surface area contributed by atoms with Crippen LogP contribution in [0.4, 0.5) is 10.1 Å².